The molecule has 0 radical (unpaired) electrons. The maximum atomic E-state index is 13.6. The van der Waals surface area contributed by atoms with E-state index in [1.54, 1.807) is 40.2 Å². The lowest BCUT2D eigenvalue weighted by Crippen LogP contribution is -2.23. The highest BCUT2D eigenvalue weighted by Gasteiger charge is 2.20. The number of nitrogens with zero attached hydrogens (tertiary/aromatic N) is 2. The number of rotatable bonds is 7. The van der Waals surface area contributed by atoms with Gasteiger partial charge < -0.3 is 5.32 Å². The van der Waals surface area contributed by atoms with Crippen molar-refractivity contribution in [3.05, 3.63) is 79.9 Å². The maximum absolute atomic E-state index is 13.6. The summed E-state index contributed by atoms with van der Waals surface area (Å²) < 4.78 is 1.58. The van der Waals surface area contributed by atoms with Gasteiger partial charge in [0, 0.05) is 15.6 Å². The Bertz CT molecular complexity index is 1380. The van der Waals surface area contributed by atoms with Gasteiger partial charge >= 0.3 is 0 Å². The van der Waals surface area contributed by atoms with E-state index in [9.17, 15) is 9.59 Å². The smallest absolute Gasteiger partial charge is 0.267 e. The minimum absolute atomic E-state index is 0.125. The van der Waals surface area contributed by atoms with Crippen LogP contribution in [0.4, 0.5) is 5.69 Å². The molecule has 1 amide bonds. The minimum Gasteiger partial charge on any atom is -0.325 e. The second-order valence-corrected chi connectivity index (χ2v) is 10.2. The monoisotopic (exact) mass is 497 g/mol. The van der Waals surface area contributed by atoms with Gasteiger partial charge in [-0.2, -0.15) is 0 Å². The molecule has 0 aliphatic heterocycles. The zero-order valence-electron chi connectivity index (χ0n) is 18.6. The molecule has 8 heteroatoms. The van der Waals surface area contributed by atoms with Crippen LogP contribution >= 0.6 is 34.7 Å². The molecule has 2 aromatic heterocycles. The van der Waals surface area contributed by atoms with Gasteiger partial charge in [-0.1, -0.05) is 54.9 Å². The topological polar surface area (TPSA) is 64.0 Å². The number of aryl methyl sites for hydroxylation is 3. The number of hydrogen-bond donors (Lipinski definition) is 1. The Morgan fingerprint density at radius 3 is 2.58 bits per heavy atom. The minimum atomic E-state index is -0.152. The van der Waals surface area contributed by atoms with E-state index in [1.165, 1.54) is 16.6 Å². The predicted molar refractivity (Wildman–Crippen MR) is 139 cm³/mol. The number of amides is 1. The normalized spacial score (nSPS) is 11.2. The molecule has 2 aromatic carbocycles. The third kappa shape index (κ3) is 5.00. The van der Waals surface area contributed by atoms with Crippen LogP contribution in [0.5, 0.6) is 0 Å². The molecule has 0 saturated heterocycles. The number of halogens is 1. The van der Waals surface area contributed by atoms with Gasteiger partial charge in [-0.25, -0.2) is 4.98 Å². The van der Waals surface area contributed by atoms with E-state index in [2.05, 4.69) is 12.2 Å². The highest BCUT2D eigenvalue weighted by Crippen LogP contribution is 2.31. The Kier molecular flexibility index (Phi) is 7.22. The molecule has 4 aromatic rings. The Morgan fingerprint density at radius 1 is 1.15 bits per heavy atom. The number of thiophene rings is 1. The van der Waals surface area contributed by atoms with Crippen LogP contribution < -0.4 is 10.9 Å². The number of hydrogen-bond acceptors (Lipinski definition) is 5. The lowest BCUT2D eigenvalue weighted by molar-refractivity contribution is -0.113. The molecule has 0 unspecified atom stereocenters. The van der Waals surface area contributed by atoms with Gasteiger partial charge in [0.2, 0.25) is 5.91 Å². The molecule has 4 rings (SSSR count). The Hall–Kier alpha value is -2.61. The lowest BCUT2D eigenvalue weighted by atomic mass is 10.1. The van der Waals surface area contributed by atoms with Gasteiger partial charge in [0.05, 0.1) is 16.8 Å². The molecule has 0 aliphatic carbocycles. The van der Waals surface area contributed by atoms with E-state index in [-0.39, 0.29) is 17.2 Å². The van der Waals surface area contributed by atoms with Crippen LogP contribution in [0, 0.1) is 13.8 Å². The number of aromatic nitrogens is 2. The van der Waals surface area contributed by atoms with Gasteiger partial charge in [0.25, 0.3) is 5.56 Å². The maximum Gasteiger partial charge on any atom is 0.267 e. The Balaban J connectivity index is 1.73. The van der Waals surface area contributed by atoms with Crippen molar-refractivity contribution in [3.63, 3.8) is 0 Å². The van der Waals surface area contributed by atoms with E-state index < -0.39 is 0 Å². The van der Waals surface area contributed by atoms with Crippen molar-refractivity contribution in [2.24, 2.45) is 0 Å². The largest absolute Gasteiger partial charge is 0.325 e. The third-order valence-electron chi connectivity index (χ3n) is 5.35. The summed E-state index contributed by atoms with van der Waals surface area (Å²) in [7, 11) is 0. The highest BCUT2D eigenvalue weighted by atomic mass is 35.5. The summed E-state index contributed by atoms with van der Waals surface area (Å²) in [6.07, 6.45) is 1.91. The van der Waals surface area contributed by atoms with E-state index >= 15 is 0 Å². The summed E-state index contributed by atoms with van der Waals surface area (Å²) in [5.41, 5.74) is 3.31. The number of fused-ring (bicyclic) bond motifs is 1. The number of thioether (sulfide) groups is 1. The fourth-order valence-corrected chi connectivity index (χ4v) is 5.88. The first-order valence-electron chi connectivity index (χ1n) is 10.7. The third-order valence-corrected chi connectivity index (χ3v) is 7.78. The zero-order valence-corrected chi connectivity index (χ0v) is 21.0. The van der Waals surface area contributed by atoms with E-state index in [4.69, 9.17) is 16.6 Å². The van der Waals surface area contributed by atoms with Gasteiger partial charge in [0.1, 0.15) is 4.83 Å². The molecule has 2 heterocycles. The molecule has 33 heavy (non-hydrogen) atoms. The fourth-order valence-electron chi connectivity index (χ4n) is 3.62. The van der Waals surface area contributed by atoms with Crippen LogP contribution in [-0.4, -0.2) is 21.2 Å². The highest BCUT2D eigenvalue weighted by molar-refractivity contribution is 7.99. The second-order valence-electron chi connectivity index (χ2n) is 7.74. The second kappa shape index (κ2) is 10.1. The molecule has 0 fully saturated rings. The van der Waals surface area contributed by atoms with Gasteiger partial charge in [-0.15, -0.1) is 11.3 Å². The van der Waals surface area contributed by atoms with Crippen molar-refractivity contribution in [1.29, 1.82) is 0 Å². The predicted octanol–water partition coefficient (Wildman–Crippen LogP) is 6.40. The van der Waals surface area contributed by atoms with Gasteiger partial charge in [0.15, 0.2) is 5.16 Å². The Labute approximate surface area is 205 Å². The van der Waals surface area contributed by atoms with E-state index in [0.29, 0.717) is 26.1 Å². The summed E-state index contributed by atoms with van der Waals surface area (Å²) in [5, 5.41) is 4.66. The number of anilines is 1. The molecule has 1 N–H and O–H groups in total. The van der Waals surface area contributed by atoms with Crippen molar-refractivity contribution in [1.82, 2.24) is 9.55 Å². The summed E-state index contributed by atoms with van der Waals surface area (Å²) in [6, 6.07) is 14.7. The van der Waals surface area contributed by atoms with Gasteiger partial charge in [-0.05, 0) is 61.7 Å². The van der Waals surface area contributed by atoms with Crippen LogP contribution in [0.3, 0.4) is 0 Å². The molecule has 0 atom stereocenters. The van der Waals surface area contributed by atoms with E-state index in [0.717, 1.165) is 29.7 Å². The molecular formula is C25H24ClN3O2S2. The fraction of sp³-hybridized carbons (Fsp3) is 0.240. The number of carbonyl (C=O) groups is 1. The van der Waals surface area contributed by atoms with Crippen LogP contribution in [0.25, 0.3) is 15.9 Å². The lowest BCUT2D eigenvalue weighted by Gasteiger charge is -2.13. The summed E-state index contributed by atoms with van der Waals surface area (Å²) in [6.45, 7) is 6.06. The van der Waals surface area contributed by atoms with Crippen molar-refractivity contribution in [2.75, 3.05) is 11.1 Å². The summed E-state index contributed by atoms with van der Waals surface area (Å²) in [5.74, 6) is -0.0215. The van der Waals surface area contributed by atoms with Crippen LogP contribution in [0.2, 0.25) is 5.02 Å². The molecule has 0 aliphatic rings. The Morgan fingerprint density at radius 2 is 1.88 bits per heavy atom. The number of para-hydroxylation sites is 1. The average Bonchev–Trinajstić information content (AvgIpc) is 3.10. The number of nitrogens with one attached hydrogen (secondary N) is 1. The SMILES string of the molecule is CCCc1sc2nc(SCC(=O)Nc3ccccc3C)n(-c3ccc(Cl)cc3)c(=O)c2c1C. The summed E-state index contributed by atoms with van der Waals surface area (Å²) >= 11 is 8.88. The number of benzene rings is 2. The van der Waals surface area contributed by atoms with Crippen molar-refractivity contribution in [2.45, 2.75) is 38.8 Å². The summed E-state index contributed by atoms with van der Waals surface area (Å²) in [4.78, 5) is 33.0. The zero-order chi connectivity index (χ0) is 23.5. The van der Waals surface area contributed by atoms with Crippen LogP contribution in [0.1, 0.15) is 29.3 Å². The number of carbonyl (C=O) groups excluding carboxylic acids is 1. The van der Waals surface area contributed by atoms with Gasteiger partial charge in [-0.3, -0.25) is 14.2 Å². The van der Waals surface area contributed by atoms with Crippen molar-refractivity contribution in [3.8, 4) is 5.69 Å². The van der Waals surface area contributed by atoms with Crippen molar-refractivity contribution < 1.29 is 4.79 Å². The van der Waals surface area contributed by atoms with E-state index in [1.807, 2.05) is 38.1 Å². The first kappa shape index (κ1) is 23.5. The first-order valence-corrected chi connectivity index (χ1v) is 12.9. The van der Waals surface area contributed by atoms with Crippen LogP contribution in [0.15, 0.2) is 58.5 Å². The quantitative estimate of drug-likeness (QED) is 0.237. The van der Waals surface area contributed by atoms with Crippen molar-refractivity contribution >= 4 is 56.5 Å². The molecule has 5 nitrogen and oxygen atoms in total. The molecule has 0 bridgehead atoms. The van der Waals surface area contributed by atoms with Crippen LogP contribution in [-0.2, 0) is 11.2 Å². The first-order chi connectivity index (χ1) is 15.9. The molecule has 170 valence electrons. The molecule has 0 spiro atoms. The average molecular weight is 498 g/mol. The standard InChI is InChI=1S/C25H24ClN3O2S2/c1-4-7-20-16(3)22-23(33-20)28-25(29(24(22)31)18-12-10-17(26)11-13-18)32-14-21(30)27-19-9-6-5-8-15(19)2/h5-6,8-13H,4,7,14H2,1-3H3,(H,27,30). The molecular weight excluding hydrogens is 474 g/mol. The molecule has 0 saturated carbocycles.